The topological polar surface area (TPSA) is 78.9 Å². The van der Waals surface area contributed by atoms with E-state index < -0.39 is 17.9 Å². The van der Waals surface area contributed by atoms with E-state index in [-0.39, 0.29) is 10.7 Å². The molecule has 1 aliphatic rings. The SMILES string of the molecule is COc1cccc(/C=C2/SC(=S)N([C@H](CCSC)C(=O)[O-])C2=O)c1OC. The van der Waals surface area contributed by atoms with Gasteiger partial charge < -0.3 is 19.4 Å². The zero-order chi connectivity index (χ0) is 19.3. The Morgan fingerprint density at radius 2 is 2.15 bits per heavy atom. The summed E-state index contributed by atoms with van der Waals surface area (Å²) in [5, 5.41) is 11.5. The normalized spacial score (nSPS) is 16.9. The maximum Gasteiger partial charge on any atom is 0.266 e. The molecule has 0 aliphatic carbocycles. The third-order valence-electron chi connectivity index (χ3n) is 3.72. The summed E-state index contributed by atoms with van der Waals surface area (Å²) in [5.74, 6) is -0.155. The van der Waals surface area contributed by atoms with Gasteiger partial charge in [-0.2, -0.15) is 11.8 Å². The maximum absolute atomic E-state index is 12.8. The number of ether oxygens (including phenoxy) is 2. The van der Waals surface area contributed by atoms with Crippen molar-refractivity contribution >= 4 is 58.0 Å². The second-order valence-corrected chi connectivity index (χ2v) is 7.91. The summed E-state index contributed by atoms with van der Waals surface area (Å²) in [6.07, 6.45) is 3.76. The average Bonchev–Trinajstić information content (AvgIpc) is 2.89. The molecule has 1 aromatic carbocycles. The van der Waals surface area contributed by atoms with Crippen LogP contribution in [0, 0.1) is 0 Å². The Hall–Kier alpha value is -1.71. The van der Waals surface area contributed by atoms with E-state index >= 15 is 0 Å². The number of carbonyl (C=O) groups is 2. The number of carbonyl (C=O) groups excluding carboxylic acids is 2. The van der Waals surface area contributed by atoms with Crippen LogP contribution in [-0.4, -0.2) is 53.4 Å². The highest BCUT2D eigenvalue weighted by molar-refractivity contribution is 8.26. The first-order valence-corrected chi connectivity index (χ1v) is 10.2. The number of methoxy groups -OCH3 is 2. The van der Waals surface area contributed by atoms with Crippen LogP contribution >= 0.6 is 35.7 Å². The molecule has 26 heavy (non-hydrogen) atoms. The van der Waals surface area contributed by atoms with E-state index in [0.717, 1.165) is 16.7 Å². The monoisotopic (exact) mass is 412 g/mol. The first-order valence-electron chi connectivity index (χ1n) is 7.62. The van der Waals surface area contributed by atoms with Crippen LogP contribution in [0.15, 0.2) is 23.1 Å². The minimum atomic E-state index is -1.31. The summed E-state index contributed by atoms with van der Waals surface area (Å²) in [6.45, 7) is 0. The lowest BCUT2D eigenvalue weighted by Crippen LogP contribution is -2.50. The van der Waals surface area contributed by atoms with E-state index in [0.29, 0.717) is 27.7 Å². The molecule has 1 aromatic rings. The van der Waals surface area contributed by atoms with Crippen LogP contribution in [0.1, 0.15) is 12.0 Å². The quantitative estimate of drug-likeness (QED) is 0.472. The predicted octanol–water partition coefficient (Wildman–Crippen LogP) is 1.78. The second kappa shape index (κ2) is 9.29. The van der Waals surface area contributed by atoms with E-state index in [1.807, 2.05) is 6.26 Å². The van der Waals surface area contributed by atoms with Crippen molar-refractivity contribution in [1.29, 1.82) is 0 Å². The fraction of sp³-hybridized carbons (Fsp3) is 0.353. The number of hydrogen-bond acceptors (Lipinski definition) is 8. The maximum atomic E-state index is 12.8. The van der Waals surface area contributed by atoms with Crippen LogP contribution in [-0.2, 0) is 9.59 Å². The Balaban J connectivity index is 2.36. The van der Waals surface area contributed by atoms with Gasteiger partial charge in [-0.05, 0) is 30.6 Å². The van der Waals surface area contributed by atoms with Gasteiger partial charge in [0.25, 0.3) is 5.91 Å². The Labute approximate surface area is 165 Å². The molecule has 0 unspecified atom stereocenters. The van der Waals surface area contributed by atoms with Crippen molar-refractivity contribution in [3.8, 4) is 11.5 Å². The number of carboxylic acids is 1. The first-order chi connectivity index (χ1) is 12.4. The molecule has 0 spiro atoms. The molecule has 0 saturated carbocycles. The summed E-state index contributed by atoms with van der Waals surface area (Å²) in [7, 11) is 3.03. The number of para-hydroxylation sites is 1. The lowest BCUT2D eigenvalue weighted by atomic mass is 10.1. The molecule has 0 N–H and O–H groups in total. The molecule has 1 atom stereocenters. The van der Waals surface area contributed by atoms with Crippen molar-refractivity contribution in [2.24, 2.45) is 0 Å². The van der Waals surface area contributed by atoms with Crippen LogP contribution in [0.3, 0.4) is 0 Å². The van der Waals surface area contributed by atoms with Crippen molar-refractivity contribution in [1.82, 2.24) is 4.90 Å². The summed E-state index contributed by atoms with van der Waals surface area (Å²) in [5.41, 5.74) is 0.640. The number of nitrogens with zero attached hydrogens (tertiary/aromatic N) is 1. The Morgan fingerprint density at radius 3 is 2.73 bits per heavy atom. The molecule has 2 rings (SSSR count). The summed E-state index contributed by atoms with van der Waals surface area (Å²) < 4.78 is 10.8. The van der Waals surface area contributed by atoms with Gasteiger partial charge in [0.05, 0.1) is 31.1 Å². The van der Waals surface area contributed by atoms with Crippen LogP contribution in [0.25, 0.3) is 6.08 Å². The number of aliphatic carboxylic acids is 1. The minimum Gasteiger partial charge on any atom is -0.548 e. The highest BCUT2D eigenvalue weighted by Gasteiger charge is 2.37. The van der Waals surface area contributed by atoms with Crippen molar-refractivity contribution in [3.05, 3.63) is 28.7 Å². The fourth-order valence-electron chi connectivity index (χ4n) is 2.50. The standard InChI is InChI=1S/C17H19NO5S3/c1-22-12-6-4-5-10(14(12)23-2)9-13-15(19)18(17(24)26-13)11(16(20)21)7-8-25-3/h4-6,9,11H,7-8H2,1-3H3,(H,20,21)/p-1/b13-9+/t11-/m1/s1. The summed E-state index contributed by atoms with van der Waals surface area (Å²) >= 11 is 7.80. The Kier molecular flexibility index (Phi) is 7.36. The van der Waals surface area contributed by atoms with Gasteiger partial charge in [-0.1, -0.05) is 36.1 Å². The Bertz CT molecular complexity index is 750. The van der Waals surface area contributed by atoms with E-state index in [2.05, 4.69) is 0 Å². The number of benzene rings is 1. The molecule has 140 valence electrons. The van der Waals surface area contributed by atoms with Gasteiger partial charge in [0, 0.05) is 5.56 Å². The van der Waals surface area contributed by atoms with Crippen LogP contribution < -0.4 is 14.6 Å². The van der Waals surface area contributed by atoms with Gasteiger partial charge in [0.1, 0.15) is 4.32 Å². The molecular weight excluding hydrogens is 394 g/mol. The minimum absolute atomic E-state index is 0.207. The highest BCUT2D eigenvalue weighted by atomic mass is 32.2. The smallest absolute Gasteiger partial charge is 0.266 e. The van der Waals surface area contributed by atoms with Gasteiger partial charge >= 0.3 is 0 Å². The van der Waals surface area contributed by atoms with Crippen molar-refractivity contribution < 1.29 is 24.2 Å². The highest BCUT2D eigenvalue weighted by Crippen LogP contribution is 2.38. The molecule has 6 nitrogen and oxygen atoms in total. The first kappa shape index (κ1) is 20.6. The average molecular weight is 413 g/mol. The van der Waals surface area contributed by atoms with E-state index in [4.69, 9.17) is 21.7 Å². The number of amides is 1. The predicted molar refractivity (Wildman–Crippen MR) is 106 cm³/mol. The molecular formula is C17H18NO5S3-. The summed E-state index contributed by atoms with van der Waals surface area (Å²) in [6, 6.07) is 4.22. The van der Waals surface area contributed by atoms with E-state index in [9.17, 15) is 14.7 Å². The number of carboxylic acid groups (broad SMARTS) is 1. The van der Waals surface area contributed by atoms with Crippen LogP contribution in [0.4, 0.5) is 0 Å². The van der Waals surface area contributed by atoms with Crippen LogP contribution in [0.2, 0.25) is 0 Å². The number of thioether (sulfide) groups is 2. The lowest BCUT2D eigenvalue weighted by molar-refractivity contribution is -0.310. The zero-order valence-electron chi connectivity index (χ0n) is 14.5. The van der Waals surface area contributed by atoms with Gasteiger partial charge in [-0.15, -0.1) is 0 Å². The van der Waals surface area contributed by atoms with Gasteiger partial charge in [0.2, 0.25) is 0 Å². The zero-order valence-corrected chi connectivity index (χ0v) is 17.0. The lowest BCUT2D eigenvalue weighted by Gasteiger charge is -2.27. The molecule has 1 fully saturated rings. The largest absolute Gasteiger partial charge is 0.548 e. The third kappa shape index (κ3) is 4.33. The van der Waals surface area contributed by atoms with E-state index in [1.165, 1.54) is 26.0 Å². The molecule has 1 aliphatic heterocycles. The van der Waals surface area contributed by atoms with Crippen molar-refractivity contribution in [3.63, 3.8) is 0 Å². The molecule has 9 heteroatoms. The van der Waals surface area contributed by atoms with Crippen LogP contribution in [0.5, 0.6) is 11.5 Å². The molecule has 0 bridgehead atoms. The molecule has 0 aromatic heterocycles. The number of thiocarbonyl (C=S) groups is 1. The number of hydrogen-bond donors (Lipinski definition) is 0. The van der Waals surface area contributed by atoms with Crippen molar-refractivity contribution in [2.45, 2.75) is 12.5 Å². The molecule has 1 saturated heterocycles. The van der Waals surface area contributed by atoms with E-state index in [1.54, 1.807) is 24.3 Å². The fourth-order valence-corrected chi connectivity index (χ4v) is 4.30. The Morgan fingerprint density at radius 1 is 1.42 bits per heavy atom. The number of rotatable bonds is 8. The van der Waals surface area contributed by atoms with Gasteiger partial charge in [-0.25, -0.2) is 0 Å². The van der Waals surface area contributed by atoms with Crippen molar-refractivity contribution in [2.75, 3.05) is 26.2 Å². The summed E-state index contributed by atoms with van der Waals surface area (Å²) in [4.78, 5) is 25.7. The second-order valence-electron chi connectivity index (χ2n) is 5.25. The molecule has 1 heterocycles. The van der Waals surface area contributed by atoms with Gasteiger partial charge in [-0.3, -0.25) is 9.69 Å². The molecule has 1 amide bonds. The molecule has 0 radical (unpaired) electrons. The third-order valence-corrected chi connectivity index (χ3v) is 5.70. The van der Waals surface area contributed by atoms with Gasteiger partial charge in [0.15, 0.2) is 11.5 Å².